The van der Waals surface area contributed by atoms with E-state index in [2.05, 4.69) is 0 Å². The quantitative estimate of drug-likeness (QED) is 0.378. The Kier molecular flexibility index (Phi) is 2.40. The van der Waals surface area contributed by atoms with Gasteiger partial charge in [-0.2, -0.15) is 0 Å². The minimum Gasteiger partial charge on any atom is -0.465 e. The van der Waals surface area contributed by atoms with E-state index >= 15 is 0 Å². The van der Waals surface area contributed by atoms with Crippen molar-refractivity contribution in [2.75, 3.05) is 6.61 Å². The monoisotopic (exact) mass is 194 g/mol. The molecule has 1 saturated carbocycles. The summed E-state index contributed by atoms with van der Waals surface area (Å²) >= 11 is 0. The predicted octanol–water partition coefficient (Wildman–Crippen LogP) is 1.33. The standard InChI is InChI=1S/C11H14O3/c1-2-14-11(13)9-7-3-5-8(6-4-7)10(9)12/h3,5,7-9H,2,4,6H2,1H3/t7?,8?,9-/m0/s1. The summed E-state index contributed by atoms with van der Waals surface area (Å²) < 4.78 is 4.91. The molecule has 0 aliphatic heterocycles. The molecule has 2 unspecified atom stereocenters. The number of carbonyl (C=O) groups excluding carboxylic acids is 2. The molecule has 0 N–H and O–H groups in total. The summed E-state index contributed by atoms with van der Waals surface area (Å²) in [5.41, 5.74) is 0. The molecular weight excluding hydrogens is 180 g/mol. The lowest BCUT2D eigenvalue weighted by Gasteiger charge is -2.34. The molecule has 0 aromatic heterocycles. The molecule has 0 heterocycles. The van der Waals surface area contributed by atoms with Crippen molar-refractivity contribution >= 4 is 11.8 Å². The highest BCUT2D eigenvalue weighted by Gasteiger charge is 2.44. The number of ketones is 1. The molecule has 3 heteroatoms. The van der Waals surface area contributed by atoms with E-state index in [1.54, 1.807) is 6.92 Å². The van der Waals surface area contributed by atoms with E-state index in [0.29, 0.717) is 6.61 Å². The van der Waals surface area contributed by atoms with E-state index in [0.717, 1.165) is 12.8 Å². The van der Waals surface area contributed by atoms with Crippen LogP contribution in [0.1, 0.15) is 19.8 Å². The average Bonchev–Trinajstić information content (AvgIpc) is 2.19. The lowest BCUT2D eigenvalue weighted by Crippen LogP contribution is -2.42. The van der Waals surface area contributed by atoms with Gasteiger partial charge in [-0.1, -0.05) is 12.2 Å². The lowest BCUT2D eigenvalue weighted by molar-refractivity contribution is -0.156. The Labute approximate surface area is 83.1 Å². The van der Waals surface area contributed by atoms with Crippen molar-refractivity contribution in [2.24, 2.45) is 17.8 Å². The minimum atomic E-state index is -0.515. The largest absolute Gasteiger partial charge is 0.465 e. The Bertz CT molecular complexity index is 293. The van der Waals surface area contributed by atoms with Gasteiger partial charge in [-0.15, -0.1) is 0 Å². The van der Waals surface area contributed by atoms with Crippen LogP contribution in [0.25, 0.3) is 0 Å². The summed E-state index contributed by atoms with van der Waals surface area (Å²) in [6, 6.07) is 0. The van der Waals surface area contributed by atoms with Crippen LogP contribution in [0.3, 0.4) is 0 Å². The van der Waals surface area contributed by atoms with Gasteiger partial charge in [0.2, 0.25) is 0 Å². The Balaban J connectivity index is 2.16. The van der Waals surface area contributed by atoms with Crippen molar-refractivity contribution in [3.05, 3.63) is 12.2 Å². The SMILES string of the molecule is CCOC(=O)[C@@H]1C(=O)C2C=CC1CC2. The van der Waals surface area contributed by atoms with Gasteiger partial charge < -0.3 is 4.74 Å². The molecule has 3 atom stereocenters. The normalized spacial score (nSPS) is 34.6. The fourth-order valence-corrected chi connectivity index (χ4v) is 2.32. The molecule has 3 nitrogen and oxygen atoms in total. The number of hydrogen-bond acceptors (Lipinski definition) is 3. The molecule has 0 radical (unpaired) electrons. The van der Waals surface area contributed by atoms with Crippen molar-refractivity contribution in [1.82, 2.24) is 0 Å². The Morgan fingerprint density at radius 3 is 2.79 bits per heavy atom. The summed E-state index contributed by atoms with van der Waals surface area (Å²) in [6.45, 7) is 2.11. The van der Waals surface area contributed by atoms with E-state index in [1.807, 2.05) is 12.2 Å². The number of Topliss-reactive ketones (excluding diaryl/α,β-unsaturated/α-hetero) is 1. The lowest BCUT2D eigenvalue weighted by atomic mass is 9.68. The molecule has 0 amide bonds. The van der Waals surface area contributed by atoms with Gasteiger partial charge in [0.25, 0.3) is 0 Å². The van der Waals surface area contributed by atoms with Gasteiger partial charge in [-0.3, -0.25) is 9.59 Å². The van der Waals surface area contributed by atoms with E-state index in [9.17, 15) is 9.59 Å². The Hall–Kier alpha value is -1.12. The smallest absolute Gasteiger partial charge is 0.317 e. The van der Waals surface area contributed by atoms with Crippen LogP contribution >= 0.6 is 0 Å². The van der Waals surface area contributed by atoms with E-state index in [4.69, 9.17) is 4.74 Å². The summed E-state index contributed by atoms with van der Waals surface area (Å²) in [4.78, 5) is 23.3. The molecule has 0 spiro atoms. The maximum absolute atomic E-state index is 11.8. The third-order valence-electron chi connectivity index (χ3n) is 3.04. The molecule has 3 aliphatic rings. The highest BCUT2D eigenvalue weighted by atomic mass is 16.5. The van der Waals surface area contributed by atoms with E-state index in [-0.39, 0.29) is 23.6 Å². The van der Waals surface area contributed by atoms with Crippen molar-refractivity contribution < 1.29 is 14.3 Å². The van der Waals surface area contributed by atoms with Crippen LogP contribution in [0, 0.1) is 17.8 Å². The van der Waals surface area contributed by atoms with Gasteiger partial charge in [-0.25, -0.2) is 0 Å². The molecule has 14 heavy (non-hydrogen) atoms. The van der Waals surface area contributed by atoms with Crippen molar-refractivity contribution in [3.8, 4) is 0 Å². The summed E-state index contributed by atoms with van der Waals surface area (Å²) in [6.07, 6.45) is 5.77. The summed E-state index contributed by atoms with van der Waals surface area (Å²) in [5, 5.41) is 0. The average molecular weight is 194 g/mol. The van der Waals surface area contributed by atoms with Crippen molar-refractivity contribution in [2.45, 2.75) is 19.8 Å². The zero-order valence-corrected chi connectivity index (χ0v) is 8.23. The zero-order chi connectivity index (χ0) is 10.1. The third-order valence-corrected chi connectivity index (χ3v) is 3.04. The summed E-state index contributed by atoms with van der Waals surface area (Å²) in [7, 11) is 0. The molecule has 76 valence electrons. The molecule has 0 saturated heterocycles. The third kappa shape index (κ3) is 1.37. The number of hydrogen-bond donors (Lipinski definition) is 0. The number of rotatable bonds is 2. The van der Waals surface area contributed by atoms with Gasteiger partial charge in [0.1, 0.15) is 5.92 Å². The molecule has 0 aromatic carbocycles. The fourth-order valence-electron chi connectivity index (χ4n) is 2.32. The first-order valence-electron chi connectivity index (χ1n) is 5.12. The van der Waals surface area contributed by atoms with E-state index < -0.39 is 5.92 Å². The highest BCUT2D eigenvalue weighted by molar-refractivity contribution is 6.02. The molecule has 1 fully saturated rings. The summed E-state index contributed by atoms with van der Waals surface area (Å²) in [5.74, 6) is -0.738. The van der Waals surface area contributed by atoms with Crippen LogP contribution in [-0.2, 0) is 14.3 Å². The Morgan fingerprint density at radius 2 is 2.29 bits per heavy atom. The van der Waals surface area contributed by atoms with Gasteiger partial charge >= 0.3 is 5.97 Å². The fraction of sp³-hybridized carbons (Fsp3) is 0.636. The van der Waals surface area contributed by atoms with Crippen LogP contribution in [0.5, 0.6) is 0 Å². The number of ether oxygens (including phenoxy) is 1. The highest BCUT2D eigenvalue weighted by Crippen LogP contribution is 2.38. The first-order valence-corrected chi connectivity index (χ1v) is 5.12. The van der Waals surface area contributed by atoms with Gasteiger partial charge in [0.05, 0.1) is 6.61 Å². The topological polar surface area (TPSA) is 43.4 Å². The molecule has 3 aliphatic carbocycles. The van der Waals surface area contributed by atoms with Gasteiger partial charge in [0, 0.05) is 5.92 Å². The van der Waals surface area contributed by atoms with Crippen LogP contribution < -0.4 is 0 Å². The second-order valence-electron chi connectivity index (χ2n) is 3.86. The number of allylic oxidation sites excluding steroid dienone is 2. The number of fused-ring (bicyclic) bond motifs is 2. The first-order chi connectivity index (χ1) is 6.74. The van der Waals surface area contributed by atoms with Gasteiger partial charge in [0.15, 0.2) is 5.78 Å². The predicted molar refractivity (Wildman–Crippen MR) is 50.5 cm³/mol. The maximum atomic E-state index is 11.8. The van der Waals surface area contributed by atoms with Crippen molar-refractivity contribution in [3.63, 3.8) is 0 Å². The number of esters is 1. The van der Waals surface area contributed by atoms with Crippen LogP contribution in [0.4, 0.5) is 0 Å². The molecule has 3 rings (SSSR count). The van der Waals surface area contributed by atoms with Gasteiger partial charge in [-0.05, 0) is 25.7 Å². The van der Waals surface area contributed by atoms with Crippen LogP contribution in [0.2, 0.25) is 0 Å². The van der Waals surface area contributed by atoms with Crippen molar-refractivity contribution in [1.29, 1.82) is 0 Å². The Morgan fingerprint density at radius 1 is 1.50 bits per heavy atom. The van der Waals surface area contributed by atoms with Crippen LogP contribution in [-0.4, -0.2) is 18.4 Å². The maximum Gasteiger partial charge on any atom is 0.317 e. The molecule has 2 bridgehead atoms. The second-order valence-corrected chi connectivity index (χ2v) is 3.86. The van der Waals surface area contributed by atoms with E-state index in [1.165, 1.54) is 0 Å². The zero-order valence-electron chi connectivity index (χ0n) is 8.23. The number of carbonyl (C=O) groups is 2. The first kappa shape index (κ1) is 9.44. The molecule has 0 aromatic rings. The minimum absolute atomic E-state index is 0.0330. The van der Waals surface area contributed by atoms with Crippen LogP contribution in [0.15, 0.2) is 12.2 Å². The molecular formula is C11H14O3. The second kappa shape index (κ2) is 3.56.